The van der Waals surface area contributed by atoms with E-state index in [1.165, 1.54) is 6.92 Å². The van der Waals surface area contributed by atoms with E-state index in [0.29, 0.717) is 12.0 Å². The largest absolute Gasteiger partial charge is 0.480 e. The van der Waals surface area contributed by atoms with Crippen molar-refractivity contribution in [3.05, 3.63) is 36.0 Å². The number of guanidine groups is 1. The molecule has 0 radical (unpaired) electrons. The third-order valence-corrected chi connectivity index (χ3v) is 6.39. The predicted octanol–water partition coefficient (Wildman–Crippen LogP) is -2.72. The summed E-state index contributed by atoms with van der Waals surface area (Å²) in [5.41, 5.74) is 23.0. The Balaban J connectivity index is 2.13. The third-order valence-electron chi connectivity index (χ3n) is 6.39. The molecular weight excluding hydrogens is 550 g/mol. The van der Waals surface area contributed by atoms with Gasteiger partial charge in [-0.05, 0) is 37.8 Å². The number of carboxylic acid groups (broad SMARTS) is 1. The van der Waals surface area contributed by atoms with Crippen molar-refractivity contribution >= 4 is 46.5 Å². The van der Waals surface area contributed by atoms with Crippen molar-refractivity contribution in [1.29, 1.82) is 0 Å². The molecule has 0 aliphatic heterocycles. The van der Waals surface area contributed by atoms with Crippen molar-refractivity contribution in [2.24, 2.45) is 27.9 Å². The minimum Gasteiger partial charge on any atom is -0.480 e. The molecule has 42 heavy (non-hydrogen) atoms. The molecule has 5 atom stereocenters. The van der Waals surface area contributed by atoms with Crippen molar-refractivity contribution in [1.82, 2.24) is 20.9 Å². The van der Waals surface area contributed by atoms with Crippen molar-refractivity contribution in [2.75, 3.05) is 6.54 Å². The Bertz CT molecular complexity index is 1290. The molecule has 0 spiro atoms. The van der Waals surface area contributed by atoms with E-state index in [0.717, 1.165) is 10.9 Å². The fraction of sp³-hybridized carbons (Fsp3) is 0.462. The Morgan fingerprint density at radius 1 is 0.952 bits per heavy atom. The summed E-state index contributed by atoms with van der Waals surface area (Å²) in [7, 11) is 0. The highest BCUT2D eigenvalue weighted by molar-refractivity contribution is 5.95. The quantitative estimate of drug-likeness (QED) is 0.0516. The number of nitrogens with zero attached hydrogens (tertiary/aromatic N) is 1. The number of hydrogen-bond acceptors (Lipinski definition) is 8. The second-order valence-corrected chi connectivity index (χ2v) is 9.81. The number of aliphatic hydroxyl groups is 1. The lowest BCUT2D eigenvalue weighted by Gasteiger charge is -2.26. The molecule has 0 fully saturated rings. The number of aliphatic carboxylic acids is 1. The molecule has 2 rings (SSSR count). The lowest BCUT2D eigenvalue weighted by Crippen LogP contribution is -2.60. The number of carboxylic acids is 1. The molecule has 230 valence electrons. The van der Waals surface area contributed by atoms with Gasteiger partial charge in [-0.25, -0.2) is 4.79 Å². The summed E-state index contributed by atoms with van der Waals surface area (Å²) in [5, 5.41) is 27.9. The van der Waals surface area contributed by atoms with Crippen LogP contribution in [0.1, 0.15) is 38.2 Å². The molecule has 5 unspecified atom stereocenters. The Labute approximate surface area is 241 Å². The zero-order chi connectivity index (χ0) is 31.4. The van der Waals surface area contributed by atoms with Gasteiger partial charge < -0.3 is 54.1 Å². The van der Waals surface area contributed by atoms with Gasteiger partial charge in [0.1, 0.15) is 18.1 Å². The van der Waals surface area contributed by atoms with Crippen LogP contribution in [0.25, 0.3) is 10.9 Å². The Morgan fingerprint density at radius 2 is 1.62 bits per heavy atom. The fourth-order valence-electron chi connectivity index (χ4n) is 4.13. The summed E-state index contributed by atoms with van der Waals surface area (Å²) >= 11 is 0. The van der Waals surface area contributed by atoms with Crippen molar-refractivity contribution in [2.45, 2.75) is 69.3 Å². The fourth-order valence-corrected chi connectivity index (χ4v) is 4.13. The van der Waals surface area contributed by atoms with E-state index in [1.807, 2.05) is 12.1 Å². The summed E-state index contributed by atoms with van der Waals surface area (Å²) in [5.74, 6) is -4.80. The SMILES string of the molecule is CC(O)C(NC(=O)C(N)CCCN=C(N)N)C(=O)NC(CCC(N)=O)C(=O)NC(Cc1c[nH]c2ccccc12)C(=O)O. The van der Waals surface area contributed by atoms with Crippen LogP contribution in [0.5, 0.6) is 0 Å². The first-order chi connectivity index (χ1) is 19.8. The van der Waals surface area contributed by atoms with Gasteiger partial charge in [-0.1, -0.05) is 18.2 Å². The number of carbonyl (C=O) groups is 5. The van der Waals surface area contributed by atoms with Gasteiger partial charge in [0.2, 0.25) is 23.6 Å². The molecule has 1 heterocycles. The molecule has 4 amide bonds. The standard InChI is InChI=1S/C26H39N9O7/c1-13(36)21(35-22(38)16(27)6-4-10-31-26(29)30)24(40)33-18(8-9-20(28)37)23(39)34-19(25(41)42)11-14-12-32-17-7-3-2-5-15(14)17/h2-3,5,7,12-13,16,18-19,21,32,36H,4,6,8-11,27H2,1H3,(H2,28,37)(H,33,40)(H,34,39)(H,35,38)(H,41,42)(H4,29,30,31). The second kappa shape index (κ2) is 15.9. The van der Waals surface area contributed by atoms with Gasteiger partial charge in [0.05, 0.1) is 12.1 Å². The van der Waals surface area contributed by atoms with Crippen LogP contribution in [0.4, 0.5) is 0 Å². The summed E-state index contributed by atoms with van der Waals surface area (Å²) in [6, 6.07) is 1.86. The highest BCUT2D eigenvalue weighted by Crippen LogP contribution is 2.19. The van der Waals surface area contributed by atoms with Gasteiger partial charge in [-0.3, -0.25) is 24.2 Å². The first-order valence-corrected chi connectivity index (χ1v) is 13.3. The number of amides is 4. The molecule has 0 bridgehead atoms. The second-order valence-electron chi connectivity index (χ2n) is 9.81. The van der Waals surface area contributed by atoms with Gasteiger partial charge in [0.25, 0.3) is 0 Å². The minimum atomic E-state index is -1.52. The topological polar surface area (TPSA) is 294 Å². The molecule has 1 aromatic heterocycles. The van der Waals surface area contributed by atoms with E-state index in [4.69, 9.17) is 22.9 Å². The number of nitrogens with two attached hydrogens (primary N) is 4. The zero-order valence-electron chi connectivity index (χ0n) is 23.2. The molecular formula is C26H39N9O7. The molecule has 1 aromatic carbocycles. The first-order valence-electron chi connectivity index (χ1n) is 13.3. The summed E-state index contributed by atoms with van der Waals surface area (Å²) in [4.78, 5) is 69.1. The number of aliphatic imine (C=N–C) groups is 1. The van der Waals surface area contributed by atoms with Crippen LogP contribution in [0, 0.1) is 0 Å². The number of hydrogen-bond donors (Lipinski definition) is 10. The number of aliphatic hydroxyl groups excluding tert-OH is 1. The molecule has 16 heteroatoms. The number of nitrogens with one attached hydrogen (secondary N) is 4. The molecule has 0 saturated carbocycles. The van der Waals surface area contributed by atoms with E-state index < -0.39 is 59.9 Å². The number of fused-ring (bicyclic) bond motifs is 1. The van der Waals surface area contributed by atoms with Crippen LogP contribution in [-0.2, 0) is 30.4 Å². The highest BCUT2D eigenvalue weighted by atomic mass is 16.4. The molecule has 14 N–H and O–H groups in total. The van der Waals surface area contributed by atoms with E-state index >= 15 is 0 Å². The van der Waals surface area contributed by atoms with Gasteiger partial charge in [-0.2, -0.15) is 0 Å². The lowest BCUT2D eigenvalue weighted by molar-refractivity contribution is -0.142. The minimum absolute atomic E-state index is 0.0744. The van der Waals surface area contributed by atoms with Gasteiger partial charge >= 0.3 is 5.97 Å². The predicted molar refractivity (Wildman–Crippen MR) is 153 cm³/mol. The van der Waals surface area contributed by atoms with Crippen molar-refractivity contribution in [3.8, 4) is 0 Å². The van der Waals surface area contributed by atoms with Crippen LogP contribution < -0.4 is 38.9 Å². The number of rotatable bonds is 17. The van der Waals surface area contributed by atoms with E-state index in [1.54, 1.807) is 18.3 Å². The highest BCUT2D eigenvalue weighted by Gasteiger charge is 2.32. The number of aromatic nitrogens is 1. The van der Waals surface area contributed by atoms with Gasteiger partial charge in [0, 0.05) is 36.5 Å². The molecule has 0 aliphatic carbocycles. The third kappa shape index (κ3) is 10.4. The Morgan fingerprint density at radius 3 is 2.24 bits per heavy atom. The summed E-state index contributed by atoms with van der Waals surface area (Å²) in [6.45, 7) is 1.48. The van der Waals surface area contributed by atoms with Crippen LogP contribution in [0.15, 0.2) is 35.5 Å². The molecule has 0 aliphatic rings. The number of H-pyrrole nitrogens is 1. The number of benzene rings is 1. The summed E-state index contributed by atoms with van der Waals surface area (Å²) < 4.78 is 0. The number of aromatic amines is 1. The normalized spacial score (nSPS) is 14.5. The van der Waals surface area contributed by atoms with Crippen LogP contribution >= 0.6 is 0 Å². The smallest absolute Gasteiger partial charge is 0.326 e. The van der Waals surface area contributed by atoms with Crippen molar-refractivity contribution < 1.29 is 34.2 Å². The maximum absolute atomic E-state index is 13.2. The lowest BCUT2D eigenvalue weighted by atomic mass is 10.0. The first kappa shape index (κ1) is 33.5. The van der Waals surface area contributed by atoms with Crippen molar-refractivity contribution in [3.63, 3.8) is 0 Å². The average molecular weight is 590 g/mol. The molecule has 0 saturated heterocycles. The van der Waals surface area contributed by atoms with E-state index in [9.17, 15) is 34.2 Å². The maximum Gasteiger partial charge on any atom is 0.326 e. The summed E-state index contributed by atoms with van der Waals surface area (Å²) in [6.07, 6.45) is 0.123. The van der Waals surface area contributed by atoms with Crippen LogP contribution in [0.3, 0.4) is 0 Å². The molecule has 2 aromatic rings. The number of carbonyl (C=O) groups excluding carboxylic acids is 4. The van der Waals surface area contributed by atoms with Crippen LogP contribution in [0.2, 0.25) is 0 Å². The van der Waals surface area contributed by atoms with Gasteiger partial charge in [-0.15, -0.1) is 0 Å². The van der Waals surface area contributed by atoms with Crippen LogP contribution in [-0.4, -0.2) is 87.6 Å². The van der Waals surface area contributed by atoms with Gasteiger partial charge in [0.15, 0.2) is 5.96 Å². The number of para-hydroxylation sites is 1. The Hall–Kier alpha value is -4.70. The van der Waals surface area contributed by atoms with E-state index in [-0.39, 0.29) is 38.2 Å². The zero-order valence-corrected chi connectivity index (χ0v) is 23.2. The maximum atomic E-state index is 13.2. The number of primary amides is 1. The monoisotopic (exact) mass is 589 g/mol. The Kier molecular flexibility index (Phi) is 12.7. The molecule has 16 nitrogen and oxygen atoms in total. The van der Waals surface area contributed by atoms with E-state index in [2.05, 4.69) is 25.9 Å². The average Bonchev–Trinajstić information content (AvgIpc) is 3.33.